The summed E-state index contributed by atoms with van der Waals surface area (Å²) in [5, 5.41) is 1.90. The molecule has 15 heteroatoms. The number of amides is 3. The minimum atomic E-state index is -4.69. The molecule has 0 unspecified atom stereocenters. The van der Waals surface area contributed by atoms with E-state index in [-0.39, 0.29) is 12.3 Å². The smallest absolute Gasteiger partial charge is 0.416 e. The van der Waals surface area contributed by atoms with Crippen LogP contribution in [0, 0.1) is 5.92 Å². The first kappa shape index (κ1) is 31.2. The van der Waals surface area contributed by atoms with Crippen LogP contribution in [0.25, 0.3) is 0 Å². The van der Waals surface area contributed by atoms with E-state index in [0.29, 0.717) is 26.7 Å². The third-order valence-corrected chi connectivity index (χ3v) is 10.1. The molecule has 2 aromatic carbocycles. The molecule has 3 atom stereocenters. The highest BCUT2D eigenvalue weighted by atomic mass is 32.2. The number of ether oxygens (including phenoxy) is 1. The lowest BCUT2D eigenvalue weighted by Crippen LogP contribution is -2.33. The Balaban J connectivity index is 1.33. The monoisotopic (exact) mass is 668 g/mol. The van der Waals surface area contributed by atoms with Gasteiger partial charge in [0, 0.05) is 28.9 Å². The molecule has 4 aromatic rings. The van der Waals surface area contributed by atoms with E-state index in [1.807, 2.05) is 0 Å². The summed E-state index contributed by atoms with van der Waals surface area (Å²) in [5.74, 6) is -4.36. The van der Waals surface area contributed by atoms with Crippen molar-refractivity contribution in [1.29, 1.82) is 0 Å². The van der Waals surface area contributed by atoms with Crippen molar-refractivity contribution >= 4 is 58.2 Å². The van der Waals surface area contributed by atoms with E-state index in [0.717, 1.165) is 46.2 Å². The van der Waals surface area contributed by atoms with Gasteiger partial charge in [0.05, 0.1) is 34.4 Å². The molecule has 1 saturated heterocycles. The number of hydrogen-bond donors (Lipinski definition) is 1. The van der Waals surface area contributed by atoms with E-state index in [1.165, 1.54) is 47.3 Å². The number of imide groups is 1. The number of pyridine rings is 1. The van der Waals surface area contributed by atoms with Crippen molar-refractivity contribution in [1.82, 2.24) is 9.55 Å². The summed E-state index contributed by atoms with van der Waals surface area (Å²) < 4.78 is 46.6. The lowest BCUT2D eigenvalue weighted by Gasteiger charge is -2.30. The Labute approximate surface area is 267 Å². The standard InChI is InChI=1S/C31H23F3N4O6S2/c1-2-44-29(42)16-8-10-19(11-9-16)36-21(39)15-37-28-25(46-30(37)43)22(17-5-4-12-35-14-17)23-24(45-28)27(41)38(26(23)40)20-7-3-6-18(13-20)31(32,33)34/h3-14,22-24H,2,15H2,1H3,(H,36,39)/t22-,23-,24+/m0/s1. The fourth-order valence-corrected chi connectivity index (χ4v) is 8.27. The van der Waals surface area contributed by atoms with Crippen molar-refractivity contribution in [2.45, 2.75) is 35.8 Å². The summed E-state index contributed by atoms with van der Waals surface area (Å²) in [6.07, 6.45) is -1.66. The van der Waals surface area contributed by atoms with Gasteiger partial charge in [0.1, 0.15) is 11.8 Å². The average molecular weight is 669 g/mol. The summed E-state index contributed by atoms with van der Waals surface area (Å²) in [7, 11) is 0. The van der Waals surface area contributed by atoms with Crippen molar-refractivity contribution in [2.75, 3.05) is 16.8 Å². The van der Waals surface area contributed by atoms with E-state index in [1.54, 1.807) is 19.1 Å². The minimum Gasteiger partial charge on any atom is -0.462 e. The summed E-state index contributed by atoms with van der Waals surface area (Å²) in [6.45, 7) is 1.47. The van der Waals surface area contributed by atoms with Crippen LogP contribution < -0.4 is 15.1 Å². The number of anilines is 2. The van der Waals surface area contributed by atoms with Gasteiger partial charge in [-0.3, -0.25) is 28.7 Å². The number of thioether (sulfide) groups is 1. The number of aromatic nitrogens is 2. The number of carbonyl (C=O) groups is 4. The molecular formula is C31H23F3N4O6S2. The number of esters is 1. The van der Waals surface area contributed by atoms with Crippen molar-refractivity contribution in [3.8, 4) is 0 Å². The maximum Gasteiger partial charge on any atom is 0.416 e. The zero-order chi connectivity index (χ0) is 32.7. The van der Waals surface area contributed by atoms with Crippen molar-refractivity contribution in [2.24, 2.45) is 5.92 Å². The summed E-state index contributed by atoms with van der Waals surface area (Å²) >= 11 is 1.77. The predicted octanol–water partition coefficient (Wildman–Crippen LogP) is 4.93. The molecule has 6 rings (SSSR count). The molecule has 236 valence electrons. The van der Waals surface area contributed by atoms with Crippen molar-refractivity contribution in [3.05, 3.63) is 104 Å². The molecule has 2 aromatic heterocycles. The van der Waals surface area contributed by atoms with Gasteiger partial charge in [-0.1, -0.05) is 35.2 Å². The quantitative estimate of drug-likeness (QED) is 0.217. The number of fused-ring (bicyclic) bond motifs is 2. The molecule has 4 heterocycles. The van der Waals surface area contributed by atoms with Crippen LogP contribution in [0.2, 0.25) is 0 Å². The van der Waals surface area contributed by atoms with Crippen molar-refractivity contribution in [3.63, 3.8) is 0 Å². The molecule has 0 saturated carbocycles. The van der Waals surface area contributed by atoms with Crippen LogP contribution in [0.5, 0.6) is 0 Å². The van der Waals surface area contributed by atoms with E-state index in [9.17, 15) is 37.1 Å². The molecule has 1 N–H and O–H groups in total. The number of hydrogen-bond acceptors (Lipinski definition) is 9. The van der Waals surface area contributed by atoms with E-state index >= 15 is 0 Å². The maximum absolute atomic E-state index is 13.9. The number of halogens is 3. The van der Waals surface area contributed by atoms with Crippen LogP contribution >= 0.6 is 23.1 Å². The molecule has 0 aliphatic carbocycles. The Kier molecular flexibility index (Phi) is 8.29. The second-order valence-corrected chi connectivity index (χ2v) is 12.5. The zero-order valence-electron chi connectivity index (χ0n) is 23.8. The Hall–Kier alpha value is -4.76. The van der Waals surface area contributed by atoms with Gasteiger partial charge in [0.25, 0.3) is 0 Å². The van der Waals surface area contributed by atoms with Crippen LogP contribution in [-0.4, -0.2) is 45.1 Å². The molecule has 2 aliphatic rings. The van der Waals surface area contributed by atoms with Gasteiger partial charge < -0.3 is 10.1 Å². The number of alkyl halides is 3. The minimum absolute atomic E-state index is 0.209. The van der Waals surface area contributed by atoms with Crippen LogP contribution in [0.1, 0.15) is 39.2 Å². The lowest BCUT2D eigenvalue weighted by molar-refractivity contribution is -0.137. The van der Waals surface area contributed by atoms with Gasteiger partial charge in [-0.05, 0) is 61.0 Å². The average Bonchev–Trinajstić information content (AvgIpc) is 3.47. The second kappa shape index (κ2) is 12.2. The number of thiazole rings is 1. The Morgan fingerprint density at radius 2 is 1.78 bits per heavy atom. The SMILES string of the molecule is CCOC(=O)c1ccc(NC(=O)Cn2c3c(sc2=O)[C@@H](c2cccnc2)[C@@H]2C(=O)N(c4cccc(C(F)(F)F)c4)C(=O)[C@@H]2S3)cc1. The zero-order valence-corrected chi connectivity index (χ0v) is 25.4. The van der Waals surface area contributed by atoms with Gasteiger partial charge in [-0.15, -0.1) is 0 Å². The third kappa shape index (κ3) is 5.71. The number of carbonyl (C=O) groups excluding carboxylic acids is 4. The fourth-order valence-electron chi connectivity index (χ4n) is 5.50. The van der Waals surface area contributed by atoms with Crippen LogP contribution in [0.3, 0.4) is 0 Å². The molecule has 1 fully saturated rings. The Bertz CT molecular complexity index is 1910. The molecule has 10 nitrogen and oxygen atoms in total. The van der Waals surface area contributed by atoms with Gasteiger partial charge >= 0.3 is 17.0 Å². The number of rotatable bonds is 7. The van der Waals surface area contributed by atoms with Gasteiger partial charge in [0.15, 0.2) is 0 Å². The van der Waals surface area contributed by atoms with Crippen molar-refractivity contribution < 1.29 is 37.1 Å². The highest BCUT2D eigenvalue weighted by molar-refractivity contribution is 8.00. The number of benzene rings is 2. The van der Waals surface area contributed by atoms with Crippen LogP contribution in [0.4, 0.5) is 24.5 Å². The summed E-state index contributed by atoms with van der Waals surface area (Å²) in [6, 6.07) is 13.3. The fraction of sp³-hybridized carbons (Fsp3) is 0.226. The third-order valence-electron chi connectivity index (χ3n) is 7.51. The molecule has 2 aliphatic heterocycles. The molecule has 0 bridgehead atoms. The molecule has 0 radical (unpaired) electrons. The topological polar surface area (TPSA) is 128 Å². The van der Waals surface area contributed by atoms with E-state index < -0.39 is 63.9 Å². The summed E-state index contributed by atoms with van der Waals surface area (Å²) in [5.41, 5.74) is -0.0225. The van der Waals surface area contributed by atoms with E-state index in [4.69, 9.17) is 4.74 Å². The molecule has 0 spiro atoms. The van der Waals surface area contributed by atoms with Gasteiger partial charge in [0.2, 0.25) is 17.7 Å². The predicted molar refractivity (Wildman–Crippen MR) is 163 cm³/mol. The van der Waals surface area contributed by atoms with Gasteiger partial charge in [-0.25, -0.2) is 9.69 Å². The normalized spacial score (nSPS) is 19.0. The van der Waals surface area contributed by atoms with Gasteiger partial charge in [-0.2, -0.15) is 13.2 Å². The molecular weight excluding hydrogens is 645 g/mol. The van der Waals surface area contributed by atoms with Crippen LogP contribution in [-0.2, 0) is 31.8 Å². The first-order chi connectivity index (χ1) is 22.0. The largest absolute Gasteiger partial charge is 0.462 e. The van der Waals surface area contributed by atoms with E-state index in [2.05, 4.69) is 10.3 Å². The second-order valence-electron chi connectivity index (χ2n) is 10.4. The number of nitrogens with zero attached hydrogens (tertiary/aromatic N) is 3. The first-order valence-corrected chi connectivity index (χ1v) is 15.6. The molecule has 3 amide bonds. The Morgan fingerprint density at radius 3 is 2.46 bits per heavy atom. The maximum atomic E-state index is 13.9. The molecule has 46 heavy (non-hydrogen) atoms. The first-order valence-electron chi connectivity index (χ1n) is 13.9. The highest BCUT2D eigenvalue weighted by Crippen LogP contribution is 2.54. The highest BCUT2D eigenvalue weighted by Gasteiger charge is 2.57. The summed E-state index contributed by atoms with van der Waals surface area (Å²) in [4.78, 5) is 70.9. The Morgan fingerprint density at radius 1 is 1.02 bits per heavy atom. The number of nitrogens with one attached hydrogen (secondary N) is 1. The lowest BCUT2D eigenvalue weighted by atomic mass is 9.84. The van der Waals surface area contributed by atoms with Crippen LogP contribution in [0.15, 0.2) is 82.9 Å².